The molecule has 0 aliphatic rings. The highest BCUT2D eigenvalue weighted by Crippen LogP contribution is 2.30. The van der Waals surface area contributed by atoms with Gasteiger partial charge in [0.15, 0.2) is 5.65 Å². The zero-order chi connectivity index (χ0) is 17.4. The third-order valence-corrected chi connectivity index (χ3v) is 4.37. The standard InChI is InChI=1S/C16H10BrClN6O/c17-11-6-9(18)5-8(14(11)25)7-19-23-16-21-15-13(22-24-16)10-3-1-2-4-12(10)20-15/h1-7,25H,(H2,20,21,23,24). The Hall–Kier alpha value is -2.71. The molecule has 4 aromatic rings. The Balaban J connectivity index is 1.62. The number of hydrogen-bond acceptors (Lipinski definition) is 6. The van der Waals surface area contributed by atoms with Crippen molar-refractivity contribution in [3.63, 3.8) is 0 Å². The molecule has 0 saturated carbocycles. The summed E-state index contributed by atoms with van der Waals surface area (Å²) in [4.78, 5) is 7.53. The number of fused-ring (bicyclic) bond motifs is 3. The van der Waals surface area contributed by atoms with E-state index in [-0.39, 0.29) is 11.7 Å². The molecule has 7 nitrogen and oxygen atoms in total. The summed E-state index contributed by atoms with van der Waals surface area (Å²) in [5.74, 6) is 0.274. The van der Waals surface area contributed by atoms with Gasteiger partial charge in [-0.05, 0) is 34.1 Å². The molecule has 0 atom stereocenters. The third-order valence-electron chi connectivity index (χ3n) is 3.55. The number of phenolic OH excluding ortho intramolecular Hbond substituents is 1. The van der Waals surface area contributed by atoms with Gasteiger partial charge in [0, 0.05) is 21.5 Å². The van der Waals surface area contributed by atoms with E-state index in [0.29, 0.717) is 26.2 Å². The SMILES string of the molecule is Oc1c(Br)cc(Cl)cc1C=NNc1nnc2c(n1)[nH]c1ccccc12. The number of hydrazone groups is 1. The number of anilines is 1. The first-order valence-electron chi connectivity index (χ1n) is 7.20. The summed E-state index contributed by atoms with van der Waals surface area (Å²) in [7, 11) is 0. The van der Waals surface area contributed by atoms with Gasteiger partial charge in [-0.1, -0.05) is 29.8 Å². The van der Waals surface area contributed by atoms with Crippen LogP contribution in [0.15, 0.2) is 46.0 Å². The van der Waals surface area contributed by atoms with Gasteiger partial charge < -0.3 is 10.1 Å². The Bertz CT molecular complexity index is 1130. The number of nitrogens with one attached hydrogen (secondary N) is 2. The van der Waals surface area contributed by atoms with Crippen LogP contribution in [-0.2, 0) is 0 Å². The lowest BCUT2D eigenvalue weighted by Gasteiger charge is -2.02. The van der Waals surface area contributed by atoms with Crippen LogP contribution in [0.25, 0.3) is 22.1 Å². The number of para-hydroxylation sites is 1. The quantitative estimate of drug-likeness (QED) is 0.345. The maximum absolute atomic E-state index is 9.97. The molecule has 25 heavy (non-hydrogen) atoms. The monoisotopic (exact) mass is 416 g/mol. The van der Waals surface area contributed by atoms with Crippen LogP contribution in [0.3, 0.4) is 0 Å². The van der Waals surface area contributed by atoms with Crippen molar-refractivity contribution in [1.29, 1.82) is 0 Å². The lowest BCUT2D eigenvalue weighted by Crippen LogP contribution is -1.99. The topological polar surface area (TPSA) is 99.1 Å². The highest BCUT2D eigenvalue weighted by atomic mass is 79.9. The molecule has 4 rings (SSSR count). The molecule has 2 aromatic heterocycles. The minimum absolute atomic E-state index is 0.0417. The second-order valence-corrected chi connectivity index (χ2v) is 6.49. The van der Waals surface area contributed by atoms with Gasteiger partial charge in [0.25, 0.3) is 5.95 Å². The molecule has 0 spiro atoms. The molecule has 124 valence electrons. The van der Waals surface area contributed by atoms with Gasteiger partial charge in [0.05, 0.1) is 10.7 Å². The predicted molar refractivity (Wildman–Crippen MR) is 101 cm³/mol. The highest BCUT2D eigenvalue weighted by molar-refractivity contribution is 9.10. The zero-order valence-corrected chi connectivity index (χ0v) is 14.9. The summed E-state index contributed by atoms with van der Waals surface area (Å²) in [5.41, 5.74) is 5.39. The van der Waals surface area contributed by atoms with E-state index in [0.717, 1.165) is 10.9 Å². The molecule has 0 aliphatic carbocycles. The number of halogens is 2. The smallest absolute Gasteiger partial charge is 0.265 e. The van der Waals surface area contributed by atoms with Gasteiger partial charge in [-0.3, -0.25) is 0 Å². The van der Waals surface area contributed by atoms with E-state index in [9.17, 15) is 5.11 Å². The second kappa shape index (κ2) is 6.30. The molecule has 0 unspecified atom stereocenters. The molecule has 9 heteroatoms. The van der Waals surface area contributed by atoms with Gasteiger partial charge in [0.1, 0.15) is 11.3 Å². The van der Waals surface area contributed by atoms with E-state index in [1.807, 2.05) is 24.3 Å². The molecule has 0 amide bonds. The maximum atomic E-state index is 9.97. The largest absolute Gasteiger partial charge is 0.506 e. The van der Waals surface area contributed by atoms with Gasteiger partial charge in [-0.25, -0.2) is 5.43 Å². The van der Waals surface area contributed by atoms with Crippen molar-refractivity contribution >= 4 is 61.8 Å². The number of H-pyrrole nitrogens is 1. The number of phenols is 1. The Morgan fingerprint density at radius 3 is 2.96 bits per heavy atom. The van der Waals surface area contributed by atoms with E-state index in [1.54, 1.807) is 12.1 Å². The molecule has 2 aromatic carbocycles. The van der Waals surface area contributed by atoms with Crippen molar-refractivity contribution in [2.24, 2.45) is 5.10 Å². The van der Waals surface area contributed by atoms with Gasteiger partial charge >= 0.3 is 0 Å². The van der Waals surface area contributed by atoms with E-state index < -0.39 is 0 Å². The molecule has 0 aliphatic heterocycles. The normalized spacial score (nSPS) is 11.6. The van der Waals surface area contributed by atoms with Crippen molar-refractivity contribution in [2.75, 3.05) is 5.43 Å². The Labute approximate surface area is 154 Å². The minimum Gasteiger partial charge on any atom is -0.506 e. The van der Waals surface area contributed by atoms with Crippen LogP contribution in [-0.4, -0.2) is 31.5 Å². The molecule has 0 bridgehead atoms. The Morgan fingerprint density at radius 2 is 2.08 bits per heavy atom. The number of aromatic hydroxyl groups is 1. The first kappa shape index (κ1) is 15.8. The van der Waals surface area contributed by atoms with Crippen LogP contribution in [0.2, 0.25) is 5.02 Å². The number of rotatable bonds is 3. The molecule has 0 fully saturated rings. The third kappa shape index (κ3) is 3.01. The fourth-order valence-electron chi connectivity index (χ4n) is 2.41. The number of benzene rings is 2. The fraction of sp³-hybridized carbons (Fsp3) is 0. The van der Waals surface area contributed by atoms with Crippen molar-refractivity contribution in [3.8, 4) is 5.75 Å². The molecule has 3 N–H and O–H groups in total. The minimum atomic E-state index is 0.0417. The van der Waals surface area contributed by atoms with Gasteiger partial charge in [0.2, 0.25) is 0 Å². The summed E-state index contributed by atoms with van der Waals surface area (Å²) in [6.07, 6.45) is 1.42. The highest BCUT2D eigenvalue weighted by Gasteiger charge is 2.08. The average molecular weight is 418 g/mol. The van der Waals surface area contributed by atoms with E-state index in [2.05, 4.69) is 46.6 Å². The van der Waals surface area contributed by atoms with E-state index in [4.69, 9.17) is 11.6 Å². The first-order chi connectivity index (χ1) is 12.1. The van der Waals surface area contributed by atoms with Crippen LogP contribution < -0.4 is 5.43 Å². The molecular formula is C16H10BrClN6O. The van der Waals surface area contributed by atoms with Crippen molar-refractivity contribution in [3.05, 3.63) is 51.5 Å². The van der Waals surface area contributed by atoms with Crippen molar-refractivity contribution in [2.45, 2.75) is 0 Å². The Kier molecular flexibility index (Phi) is 3.98. The van der Waals surface area contributed by atoms with Crippen LogP contribution in [0.1, 0.15) is 5.56 Å². The van der Waals surface area contributed by atoms with Crippen LogP contribution >= 0.6 is 27.5 Å². The second-order valence-electron chi connectivity index (χ2n) is 5.20. The summed E-state index contributed by atoms with van der Waals surface area (Å²) in [6, 6.07) is 11.0. The first-order valence-corrected chi connectivity index (χ1v) is 8.37. The zero-order valence-electron chi connectivity index (χ0n) is 12.5. The number of aromatic amines is 1. The van der Waals surface area contributed by atoms with E-state index in [1.165, 1.54) is 6.21 Å². The predicted octanol–water partition coefficient (Wildman–Crippen LogP) is 4.07. The van der Waals surface area contributed by atoms with Crippen molar-refractivity contribution < 1.29 is 5.11 Å². The molecule has 2 heterocycles. The molecule has 0 radical (unpaired) electrons. The van der Waals surface area contributed by atoms with Gasteiger partial charge in [-0.15, -0.1) is 10.2 Å². The lowest BCUT2D eigenvalue weighted by atomic mass is 10.2. The van der Waals surface area contributed by atoms with Crippen LogP contribution in [0.5, 0.6) is 5.75 Å². The maximum Gasteiger partial charge on any atom is 0.265 e. The number of nitrogens with zero attached hydrogens (tertiary/aromatic N) is 4. The molecule has 0 saturated heterocycles. The fourth-order valence-corrected chi connectivity index (χ4v) is 3.25. The van der Waals surface area contributed by atoms with Crippen LogP contribution in [0, 0.1) is 0 Å². The van der Waals surface area contributed by atoms with E-state index >= 15 is 0 Å². The summed E-state index contributed by atoms with van der Waals surface area (Å²) in [5, 5.41) is 23.6. The van der Waals surface area contributed by atoms with Gasteiger partial charge in [-0.2, -0.15) is 10.1 Å². The molecular weight excluding hydrogens is 408 g/mol. The Morgan fingerprint density at radius 1 is 1.24 bits per heavy atom. The summed E-state index contributed by atoms with van der Waals surface area (Å²) >= 11 is 9.18. The number of hydrogen-bond donors (Lipinski definition) is 3. The van der Waals surface area contributed by atoms with Crippen molar-refractivity contribution in [1.82, 2.24) is 20.2 Å². The summed E-state index contributed by atoms with van der Waals surface area (Å²) < 4.78 is 0.485. The summed E-state index contributed by atoms with van der Waals surface area (Å²) in [6.45, 7) is 0. The van der Waals surface area contributed by atoms with Crippen LogP contribution in [0.4, 0.5) is 5.95 Å². The average Bonchev–Trinajstić information content (AvgIpc) is 2.96. The lowest BCUT2D eigenvalue weighted by molar-refractivity contribution is 0.471. The number of aromatic nitrogens is 4.